The lowest BCUT2D eigenvalue weighted by Crippen LogP contribution is -2.30. The Hall–Kier alpha value is -2.63. The molecule has 1 N–H and O–H groups in total. The molecule has 5 nitrogen and oxygen atoms in total. The highest BCUT2D eigenvalue weighted by molar-refractivity contribution is 5.98. The summed E-state index contributed by atoms with van der Waals surface area (Å²) in [6.45, 7) is 8.97. The van der Waals surface area contributed by atoms with E-state index in [-0.39, 0.29) is 23.2 Å². The van der Waals surface area contributed by atoms with Gasteiger partial charge in [-0.1, -0.05) is 19.1 Å². The minimum Gasteiger partial charge on any atom is -0.448 e. The predicted molar refractivity (Wildman–Crippen MR) is 94.1 cm³/mol. The maximum Gasteiger partial charge on any atom is 0.287 e. The molecular weight excluding hydrogens is 321 g/mol. The largest absolute Gasteiger partial charge is 0.448 e. The number of para-hydroxylation sites is 1. The number of aromatic nitrogens is 2. The molecule has 0 aliphatic carbocycles. The van der Waals surface area contributed by atoms with E-state index in [1.54, 1.807) is 19.1 Å². The number of nitrogens with one attached hydrogen (secondary N) is 1. The summed E-state index contributed by atoms with van der Waals surface area (Å²) in [7, 11) is 0. The van der Waals surface area contributed by atoms with E-state index in [9.17, 15) is 9.18 Å². The lowest BCUT2D eigenvalue weighted by molar-refractivity contribution is 0.0920. The van der Waals surface area contributed by atoms with Crippen LogP contribution in [0, 0.1) is 32.5 Å². The van der Waals surface area contributed by atoms with Crippen molar-refractivity contribution in [2.75, 3.05) is 6.54 Å². The van der Waals surface area contributed by atoms with E-state index in [1.165, 1.54) is 6.07 Å². The first-order valence-corrected chi connectivity index (χ1v) is 8.33. The number of halogens is 1. The number of hydrogen-bond donors (Lipinski definition) is 1. The molecule has 0 saturated carbocycles. The molecule has 0 bridgehead atoms. The van der Waals surface area contributed by atoms with Gasteiger partial charge in [0, 0.05) is 29.7 Å². The molecule has 25 heavy (non-hydrogen) atoms. The molecule has 6 heteroatoms. The summed E-state index contributed by atoms with van der Waals surface area (Å²) in [6, 6.07) is 6.71. The molecule has 0 spiro atoms. The molecule has 2 aromatic heterocycles. The van der Waals surface area contributed by atoms with Crippen molar-refractivity contribution in [2.24, 2.45) is 5.92 Å². The third-order valence-corrected chi connectivity index (χ3v) is 4.32. The monoisotopic (exact) mass is 343 g/mol. The molecule has 1 aromatic carbocycles. The fourth-order valence-electron chi connectivity index (χ4n) is 2.99. The molecule has 0 saturated heterocycles. The number of carbonyl (C=O) groups excluding carboxylic acids is 1. The first-order chi connectivity index (χ1) is 11.9. The van der Waals surface area contributed by atoms with Gasteiger partial charge < -0.3 is 9.73 Å². The Morgan fingerprint density at radius 2 is 2.12 bits per heavy atom. The van der Waals surface area contributed by atoms with Crippen LogP contribution in [-0.2, 0) is 6.54 Å². The third-order valence-electron chi connectivity index (χ3n) is 4.32. The van der Waals surface area contributed by atoms with Crippen molar-refractivity contribution in [1.82, 2.24) is 15.1 Å². The SMILES string of the molecule is Cc1cc(C)n(C[C@@H](C)CNC(=O)c2oc3c(F)cccc3c2C)n1. The molecule has 1 atom stereocenters. The Kier molecular flexibility index (Phi) is 4.61. The minimum atomic E-state index is -0.461. The highest BCUT2D eigenvalue weighted by atomic mass is 19.1. The number of benzene rings is 1. The van der Waals surface area contributed by atoms with E-state index in [0.29, 0.717) is 24.0 Å². The summed E-state index contributed by atoms with van der Waals surface area (Å²) < 4.78 is 21.2. The number of rotatable bonds is 5. The van der Waals surface area contributed by atoms with Gasteiger partial charge in [0.25, 0.3) is 5.91 Å². The van der Waals surface area contributed by atoms with Crippen LogP contribution in [-0.4, -0.2) is 22.2 Å². The van der Waals surface area contributed by atoms with Gasteiger partial charge in [-0.3, -0.25) is 9.48 Å². The van der Waals surface area contributed by atoms with E-state index >= 15 is 0 Å². The summed E-state index contributed by atoms with van der Waals surface area (Å²) in [5, 5.41) is 7.93. The van der Waals surface area contributed by atoms with E-state index in [1.807, 2.05) is 31.5 Å². The summed E-state index contributed by atoms with van der Waals surface area (Å²) in [4.78, 5) is 12.4. The Bertz CT molecular complexity index is 926. The minimum absolute atomic E-state index is 0.126. The van der Waals surface area contributed by atoms with Gasteiger partial charge in [0.05, 0.1) is 5.69 Å². The Morgan fingerprint density at radius 3 is 2.76 bits per heavy atom. The number of nitrogens with zero attached hydrogens (tertiary/aromatic N) is 2. The smallest absolute Gasteiger partial charge is 0.287 e. The molecule has 0 unspecified atom stereocenters. The quantitative estimate of drug-likeness (QED) is 0.767. The van der Waals surface area contributed by atoms with Crippen LogP contribution in [0.2, 0.25) is 0 Å². The van der Waals surface area contributed by atoms with Crippen LogP contribution in [0.1, 0.15) is 34.4 Å². The average Bonchev–Trinajstić information content (AvgIpc) is 3.06. The van der Waals surface area contributed by atoms with E-state index in [2.05, 4.69) is 10.4 Å². The highest BCUT2D eigenvalue weighted by Crippen LogP contribution is 2.27. The van der Waals surface area contributed by atoms with Crippen LogP contribution in [0.4, 0.5) is 4.39 Å². The second-order valence-corrected chi connectivity index (χ2v) is 6.60. The lowest BCUT2D eigenvalue weighted by Gasteiger charge is -2.13. The number of fused-ring (bicyclic) bond motifs is 1. The first kappa shape index (κ1) is 17.2. The molecule has 132 valence electrons. The van der Waals surface area contributed by atoms with Crippen molar-refractivity contribution < 1.29 is 13.6 Å². The maximum absolute atomic E-state index is 13.8. The second-order valence-electron chi connectivity index (χ2n) is 6.60. The van der Waals surface area contributed by atoms with Crippen LogP contribution in [0.15, 0.2) is 28.7 Å². The summed E-state index contributed by atoms with van der Waals surface area (Å²) in [6.07, 6.45) is 0. The second kappa shape index (κ2) is 6.70. The van der Waals surface area contributed by atoms with Crippen molar-refractivity contribution in [1.29, 1.82) is 0 Å². The molecule has 0 radical (unpaired) electrons. The first-order valence-electron chi connectivity index (χ1n) is 8.33. The van der Waals surface area contributed by atoms with Gasteiger partial charge in [-0.05, 0) is 38.8 Å². The molecule has 0 fully saturated rings. The van der Waals surface area contributed by atoms with Gasteiger partial charge in [0.1, 0.15) is 0 Å². The van der Waals surface area contributed by atoms with Gasteiger partial charge >= 0.3 is 0 Å². The van der Waals surface area contributed by atoms with Crippen LogP contribution < -0.4 is 5.32 Å². The normalized spacial score (nSPS) is 12.5. The van der Waals surface area contributed by atoms with Gasteiger partial charge in [-0.2, -0.15) is 5.10 Å². The molecule has 3 rings (SSSR count). The van der Waals surface area contributed by atoms with E-state index < -0.39 is 5.82 Å². The van der Waals surface area contributed by atoms with Crippen LogP contribution in [0.25, 0.3) is 11.0 Å². The molecular formula is C19H22FN3O2. The fraction of sp³-hybridized carbons (Fsp3) is 0.368. The zero-order chi connectivity index (χ0) is 18.1. The maximum atomic E-state index is 13.8. The number of amides is 1. The van der Waals surface area contributed by atoms with E-state index in [4.69, 9.17) is 4.42 Å². The zero-order valence-electron chi connectivity index (χ0n) is 14.9. The van der Waals surface area contributed by atoms with Gasteiger partial charge in [-0.25, -0.2) is 4.39 Å². The number of hydrogen-bond acceptors (Lipinski definition) is 3. The third kappa shape index (κ3) is 3.43. The molecule has 2 heterocycles. The summed E-state index contributed by atoms with van der Waals surface area (Å²) >= 11 is 0. The summed E-state index contributed by atoms with van der Waals surface area (Å²) in [5.41, 5.74) is 2.85. The van der Waals surface area contributed by atoms with Crippen LogP contribution in [0.5, 0.6) is 0 Å². The van der Waals surface area contributed by atoms with Gasteiger partial charge in [0.2, 0.25) is 0 Å². The van der Waals surface area contributed by atoms with E-state index in [0.717, 1.165) is 11.4 Å². The number of aryl methyl sites for hydroxylation is 3. The molecule has 0 aliphatic rings. The standard InChI is InChI=1S/C19H22FN3O2/c1-11(10-23-13(3)8-12(2)22-23)9-21-19(24)17-14(4)15-6-5-7-16(20)18(15)25-17/h5-8,11H,9-10H2,1-4H3,(H,21,24)/t11-/m0/s1. The molecule has 3 aromatic rings. The highest BCUT2D eigenvalue weighted by Gasteiger charge is 2.20. The Balaban J connectivity index is 1.67. The van der Waals surface area contributed by atoms with Crippen molar-refractivity contribution in [3.05, 3.63) is 52.8 Å². The Labute approximate surface area is 145 Å². The topological polar surface area (TPSA) is 60.1 Å². The lowest BCUT2D eigenvalue weighted by atomic mass is 10.1. The van der Waals surface area contributed by atoms with Crippen molar-refractivity contribution in [2.45, 2.75) is 34.2 Å². The summed E-state index contributed by atoms with van der Waals surface area (Å²) in [5.74, 6) is -0.423. The van der Waals surface area contributed by atoms with Crippen molar-refractivity contribution >= 4 is 16.9 Å². The molecule has 0 aliphatic heterocycles. The van der Waals surface area contributed by atoms with Crippen molar-refractivity contribution in [3.8, 4) is 0 Å². The van der Waals surface area contributed by atoms with Crippen molar-refractivity contribution in [3.63, 3.8) is 0 Å². The fourth-order valence-corrected chi connectivity index (χ4v) is 2.99. The van der Waals surface area contributed by atoms with Crippen LogP contribution >= 0.6 is 0 Å². The Morgan fingerprint density at radius 1 is 1.36 bits per heavy atom. The van der Waals surface area contributed by atoms with Crippen LogP contribution in [0.3, 0.4) is 0 Å². The van der Waals surface area contributed by atoms with Gasteiger partial charge in [0.15, 0.2) is 17.2 Å². The predicted octanol–water partition coefficient (Wildman–Crippen LogP) is 3.76. The van der Waals surface area contributed by atoms with Gasteiger partial charge in [-0.15, -0.1) is 0 Å². The zero-order valence-corrected chi connectivity index (χ0v) is 14.9. The average molecular weight is 343 g/mol. The molecule has 1 amide bonds. The number of carbonyl (C=O) groups is 1. The number of furan rings is 1.